The molecule has 1 heterocycles. The molecule has 3 aromatic carbocycles. The van der Waals surface area contributed by atoms with E-state index in [0.29, 0.717) is 17.0 Å². The van der Waals surface area contributed by atoms with Crippen molar-refractivity contribution in [2.24, 2.45) is 5.10 Å². The summed E-state index contributed by atoms with van der Waals surface area (Å²) in [6.45, 7) is 1.93. The molecule has 0 aromatic heterocycles. The highest BCUT2D eigenvalue weighted by molar-refractivity contribution is 7.92. The molecule has 0 aliphatic carbocycles. The van der Waals surface area contributed by atoms with Gasteiger partial charge < -0.3 is 0 Å². The Bertz CT molecular complexity index is 1420. The molecule has 0 amide bonds. The topological polar surface area (TPSA) is 95.9 Å². The van der Waals surface area contributed by atoms with Crippen LogP contribution in [-0.4, -0.2) is 33.2 Å². The van der Waals surface area contributed by atoms with E-state index >= 15 is 0 Å². The molecule has 1 aliphatic heterocycles. The predicted octanol–water partition coefficient (Wildman–Crippen LogP) is 4.05. The fourth-order valence-electron chi connectivity index (χ4n) is 3.65. The van der Waals surface area contributed by atoms with Crippen molar-refractivity contribution >= 4 is 31.4 Å². The van der Waals surface area contributed by atoms with E-state index in [-0.39, 0.29) is 11.3 Å². The number of para-hydroxylation sites is 1. The molecular formula is C23H22FN3O4S2. The fourth-order valence-corrected chi connectivity index (χ4v) is 5.66. The molecule has 0 bridgehead atoms. The molecule has 0 spiro atoms. The van der Waals surface area contributed by atoms with Crippen LogP contribution >= 0.6 is 0 Å². The summed E-state index contributed by atoms with van der Waals surface area (Å²) in [6.07, 6.45) is 1.27. The van der Waals surface area contributed by atoms with Crippen molar-refractivity contribution in [2.75, 3.05) is 11.0 Å². The van der Waals surface area contributed by atoms with Crippen molar-refractivity contribution < 1.29 is 21.2 Å². The second-order valence-corrected chi connectivity index (χ2v) is 11.4. The summed E-state index contributed by atoms with van der Waals surface area (Å²) >= 11 is 0. The number of rotatable bonds is 6. The summed E-state index contributed by atoms with van der Waals surface area (Å²) in [6, 6.07) is 18.0. The summed E-state index contributed by atoms with van der Waals surface area (Å²) in [5.41, 5.74) is 2.96. The summed E-state index contributed by atoms with van der Waals surface area (Å²) in [5.74, 6) is -0.546. The zero-order chi connectivity index (χ0) is 23.8. The first kappa shape index (κ1) is 22.9. The van der Waals surface area contributed by atoms with Gasteiger partial charge in [-0.05, 0) is 42.8 Å². The van der Waals surface area contributed by atoms with Gasteiger partial charge in [0, 0.05) is 12.0 Å². The Morgan fingerprint density at radius 3 is 2.21 bits per heavy atom. The number of hydrogen-bond donors (Lipinski definition) is 1. The van der Waals surface area contributed by atoms with Crippen LogP contribution in [0.15, 0.2) is 82.8 Å². The van der Waals surface area contributed by atoms with E-state index in [2.05, 4.69) is 9.82 Å². The molecule has 7 nitrogen and oxygen atoms in total. The lowest BCUT2D eigenvalue weighted by Gasteiger charge is -2.23. The number of aryl methyl sites for hydroxylation is 1. The Morgan fingerprint density at radius 2 is 1.58 bits per heavy atom. The van der Waals surface area contributed by atoms with E-state index in [0.717, 1.165) is 33.9 Å². The minimum absolute atomic E-state index is 0.0893. The standard InChI is InChI=1S/C23H22FN3O4S2/c1-16-7-9-17(10-8-16)23-15-22(20-5-3-4-6-21(20)26-32(2,28)29)25-27(23)33(30,31)19-13-11-18(24)12-14-19/h3-14,23,26H,15H2,1-2H3. The summed E-state index contributed by atoms with van der Waals surface area (Å²) in [5, 5.41) is 4.43. The normalized spacial score (nSPS) is 16.5. The van der Waals surface area contributed by atoms with Crippen LogP contribution in [-0.2, 0) is 20.0 Å². The molecule has 1 N–H and O–H groups in total. The highest BCUT2D eigenvalue weighted by atomic mass is 32.2. The molecule has 172 valence electrons. The Morgan fingerprint density at radius 1 is 0.939 bits per heavy atom. The Kier molecular flexibility index (Phi) is 5.98. The first-order valence-electron chi connectivity index (χ1n) is 10.1. The smallest absolute Gasteiger partial charge is 0.279 e. The van der Waals surface area contributed by atoms with E-state index in [1.54, 1.807) is 24.3 Å². The number of nitrogens with one attached hydrogen (secondary N) is 1. The summed E-state index contributed by atoms with van der Waals surface area (Å²) in [4.78, 5) is -0.0893. The second-order valence-electron chi connectivity index (χ2n) is 7.83. The van der Waals surface area contributed by atoms with Crippen molar-refractivity contribution in [2.45, 2.75) is 24.3 Å². The van der Waals surface area contributed by atoms with Gasteiger partial charge in [-0.25, -0.2) is 12.8 Å². The van der Waals surface area contributed by atoms with Gasteiger partial charge in [0.2, 0.25) is 10.0 Å². The maximum absolute atomic E-state index is 13.5. The van der Waals surface area contributed by atoms with Gasteiger partial charge in [-0.2, -0.15) is 17.9 Å². The largest absolute Gasteiger partial charge is 0.283 e. The van der Waals surface area contributed by atoms with Crippen molar-refractivity contribution in [1.29, 1.82) is 0 Å². The molecule has 4 rings (SSSR count). The van der Waals surface area contributed by atoms with Crippen LogP contribution in [0.3, 0.4) is 0 Å². The molecule has 0 fully saturated rings. The highest BCUT2D eigenvalue weighted by Crippen LogP contribution is 2.38. The van der Waals surface area contributed by atoms with Crippen molar-refractivity contribution in [1.82, 2.24) is 4.41 Å². The molecule has 10 heteroatoms. The van der Waals surface area contributed by atoms with Gasteiger partial charge >= 0.3 is 0 Å². The minimum Gasteiger partial charge on any atom is -0.283 e. The molecule has 3 aromatic rings. The Hall–Kier alpha value is -3.24. The number of sulfonamides is 2. The van der Waals surface area contributed by atoms with Gasteiger partial charge in [0.25, 0.3) is 10.0 Å². The average molecular weight is 488 g/mol. The number of hydrogen-bond acceptors (Lipinski definition) is 5. The van der Waals surface area contributed by atoms with Crippen LogP contribution < -0.4 is 4.72 Å². The van der Waals surface area contributed by atoms with Crippen molar-refractivity contribution in [3.8, 4) is 0 Å². The maximum Gasteiger partial charge on any atom is 0.279 e. The molecule has 0 radical (unpaired) electrons. The molecule has 1 atom stereocenters. The lowest BCUT2D eigenvalue weighted by atomic mass is 9.98. The zero-order valence-corrected chi connectivity index (χ0v) is 19.6. The maximum atomic E-state index is 13.5. The third-order valence-electron chi connectivity index (χ3n) is 5.23. The lowest BCUT2D eigenvalue weighted by Crippen LogP contribution is -2.27. The second kappa shape index (κ2) is 8.60. The van der Waals surface area contributed by atoms with Gasteiger partial charge in [0.05, 0.1) is 28.6 Å². The third-order valence-corrected chi connectivity index (χ3v) is 7.51. The molecule has 0 saturated carbocycles. The Labute approximate surface area is 192 Å². The third kappa shape index (κ3) is 4.91. The highest BCUT2D eigenvalue weighted by Gasteiger charge is 2.38. The number of halogens is 1. The van der Waals surface area contributed by atoms with Gasteiger partial charge in [-0.15, -0.1) is 0 Å². The van der Waals surface area contributed by atoms with Gasteiger partial charge in [-0.1, -0.05) is 48.0 Å². The molecule has 0 saturated heterocycles. The molecule has 33 heavy (non-hydrogen) atoms. The fraction of sp³-hybridized carbons (Fsp3) is 0.174. The number of hydrazone groups is 1. The summed E-state index contributed by atoms with van der Waals surface area (Å²) in [7, 11) is -7.67. The number of benzene rings is 3. The van der Waals surface area contributed by atoms with Crippen LogP contribution in [0, 0.1) is 12.7 Å². The first-order chi connectivity index (χ1) is 15.5. The molecule has 1 unspecified atom stereocenters. The van der Waals surface area contributed by atoms with Crippen LogP contribution in [0.1, 0.15) is 29.2 Å². The zero-order valence-electron chi connectivity index (χ0n) is 17.9. The van der Waals surface area contributed by atoms with Crippen LogP contribution in [0.25, 0.3) is 0 Å². The van der Waals surface area contributed by atoms with E-state index in [4.69, 9.17) is 0 Å². The molecule has 1 aliphatic rings. The minimum atomic E-state index is -4.11. The average Bonchev–Trinajstić information content (AvgIpc) is 3.20. The van der Waals surface area contributed by atoms with E-state index in [1.807, 2.05) is 31.2 Å². The quantitative estimate of drug-likeness (QED) is 0.568. The first-order valence-corrected chi connectivity index (χ1v) is 13.4. The monoisotopic (exact) mass is 487 g/mol. The van der Waals surface area contributed by atoms with Crippen molar-refractivity contribution in [3.63, 3.8) is 0 Å². The molecular weight excluding hydrogens is 465 g/mol. The SMILES string of the molecule is Cc1ccc(C2CC(c3ccccc3NS(C)(=O)=O)=NN2S(=O)(=O)c2ccc(F)cc2)cc1. The van der Waals surface area contributed by atoms with E-state index < -0.39 is 31.9 Å². The summed E-state index contributed by atoms with van der Waals surface area (Å²) < 4.78 is 67.5. The predicted molar refractivity (Wildman–Crippen MR) is 125 cm³/mol. The number of anilines is 1. The van der Waals surface area contributed by atoms with Crippen LogP contribution in [0.2, 0.25) is 0 Å². The van der Waals surface area contributed by atoms with Crippen LogP contribution in [0.5, 0.6) is 0 Å². The number of nitrogens with zero attached hydrogens (tertiary/aromatic N) is 2. The van der Waals surface area contributed by atoms with Gasteiger partial charge in [0.15, 0.2) is 0 Å². The van der Waals surface area contributed by atoms with E-state index in [1.165, 1.54) is 12.1 Å². The van der Waals surface area contributed by atoms with Gasteiger partial charge in [0.1, 0.15) is 5.82 Å². The lowest BCUT2D eigenvalue weighted by molar-refractivity contribution is 0.371. The Balaban J connectivity index is 1.83. The van der Waals surface area contributed by atoms with Crippen molar-refractivity contribution in [3.05, 3.63) is 95.3 Å². The van der Waals surface area contributed by atoms with Crippen LogP contribution in [0.4, 0.5) is 10.1 Å². The van der Waals surface area contributed by atoms with E-state index in [9.17, 15) is 21.2 Å². The van der Waals surface area contributed by atoms with Gasteiger partial charge in [-0.3, -0.25) is 4.72 Å².